The number of rotatable bonds is 5. The average Bonchev–Trinajstić information content (AvgIpc) is 2.78. The molecule has 0 bridgehead atoms. The number of hydrogen-bond acceptors (Lipinski definition) is 2. The monoisotopic (exact) mass is 260 g/mol. The van der Waals surface area contributed by atoms with Crippen LogP contribution in [-0.2, 0) is 11.3 Å². The maximum absolute atomic E-state index is 6.01. The van der Waals surface area contributed by atoms with Crippen LogP contribution in [0.25, 0.3) is 0 Å². The SMILES string of the molecule is C=C1[C@H](OCc2ccc(OC)cc2)CC[C@@H]1C(C)C. The highest BCUT2D eigenvalue weighted by atomic mass is 16.5. The maximum Gasteiger partial charge on any atom is 0.118 e. The lowest BCUT2D eigenvalue weighted by molar-refractivity contribution is 0.0680. The van der Waals surface area contributed by atoms with Gasteiger partial charge in [0.1, 0.15) is 5.75 Å². The van der Waals surface area contributed by atoms with Gasteiger partial charge < -0.3 is 9.47 Å². The second kappa shape index (κ2) is 6.25. The van der Waals surface area contributed by atoms with Crippen LogP contribution in [-0.4, -0.2) is 13.2 Å². The molecule has 1 aliphatic carbocycles. The summed E-state index contributed by atoms with van der Waals surface area (Å²) < 4.78 is 11.2. The molecule has 104 valence electrons. The molecule has 2 heteroatoms. The molecule has 0 radical (unpaired) electrons. The molecule has 19 heavy (non-hydrogen) atoms. The van der Waals surface area contributed by atoms with E-state index in [0.717, 1.165) is 12.2 Å². The molecule has 1 fully saturated rings. The fraction of sp³-hybridized carbons (Fsp3) is 0.529. The van der Waals surface area contributed by atoms with Crippen LogP contribution in [0, 0.1) is 11.8 Å². The molecular formula is C17H24O2. The Labute approximate surface area is 116 Å². The van der Waals surface area contributed by atoms with Gasteiger partial charge in [-0.15, -0.1) is 0 Å². The molecule has 2 rings (SSSR count). The number of hydrogen-bond donors (Lipinski definition) is 0. The molecule has 0 amide bonds. The Balaban J connectivity index is 1.87. The van der Waals surface area contributed by atoms with Crippen LogP contribution in [0.5, 0.6) is 5.75 Å². The highest BCUT2D eigenvalue weighted by Gasteiger charge is 2.31. The molecule has 0 N–H and O–H groups in total. The zero-order valence-corrected chi connectivity index (χ0v) is 12.2. The van der Waals surface area contributed by atoms with E-state index in [9.17, 15) is 0 Å². The molecule has 1 saturated carbocycles. The predicted octanol–water partition coefficient (Wildman–Crippen LogP) is 4.20. The van der Waals surface area contributed by atoms with E-state index in [0.29, 0.717) is 18.4 Å². The van der Waals surface area contributed by atoms with Crippen LogP contribution in [0.3, 0.4) is 0 Å². The van der Waals surface area contributed by atoms with Gasteiger partial charge in [0.15, 0.2) is 0 Å². The Morgan fingerprint density at radius 3 is 2.42 bits per heavy atom. The molecule has 1 aliphatic rings. The van der Waals surface area contributed by atoms with Gasteiger partial charge >= 0.3 is 0 Å². The van der Waals surface area contributed by atoms with E-state index in [1.54, 1.807) is 7.11 Å². The minimum Gasteiger partial charge on any atom is -0.497 e. The first-order valence-electron chi connectivity index (χ1n) is 7.05. The van der Waals surface area contributed by atoms with Gasteiger partial charge in [0.05, 0.1) is 19.8 Å². The number of ether oxygens (including phenoxy) is 2. The van der Waals surface area contributed by atoms with Crippen molar-refractivity contribution in [3.8, 4) is 5.75 Å². The van der Waals surface area contributed by atoms with Crippen LogP contribution in [0.1, 0.15) is 32.3 Å². The summed E-state index contributed by atoms with van der Waals surface area (Å²) in [6.45, 7) is 9.42. The standard InChI is InChI=1S/C17H24O2/c1-12(2)16-9-10-17(13(16)3)19-11-14-5-7-15(18-4)8-6-14/h5-8,12,16-17H,3,9-11H2,1-2,4H3/t16-,17-/m1/s1. The third-order valence-corrected chi connectivity index (χ3v) is 4.04. The molecule has 0 aromatic heterocycles. The number of methoxy groups -OCH3 is 1. The normalized spacial score (nSPS) is 23.1. The summed E-state index contributed by atoms with van der Waals surface area (Å²) in [7, 11) is 1.68. The van der Waals surface area contributed by atoms with Crippen molar-refractivity contribution in [1.29, 1.82) is 0 Å². The lowest BCUT2D eigenvalue weighted by Gasteiger charge is -2.19. The summed E-state index contributed by atoms with van der Waals surface area (Å²) in [5.41, 5.74) is 2.46. The van der Waals surface area contributed by atoms with Crippen molar-refractivity contribution in [2.75, 3.05) is 7.11 Å². The van der Waals surface area contributed by atoms with E-state index in [4.69, 9.17) is 9.47 Å². The van der Waals surface area contributed by atoms with E-state index >= 15 is 0 Å². The van der Waals surface area contributed by atoms with Crippen molar-refractivity contribution in [1.82, 2.24) is 0 Å². The van der Waals surface area contributed by atoms with Crippen molar-refractivity contribution in [2.45, 2.75) is 39.4 Å². The summed E-state index contributed by atoms with van der Waals surface area (Å²) >= 11 is 0. The molecule has 0 unspecified atom stereocenters. The Hall–Kier alpha value is -1.28. The van der Waals surface area contributed by atoms with Crippen LogP contribution in [0.4, 0.5) is 0 Å². The van der Waals surface area contributed by atoms with Crippen molar-refractivity contribution < 1.29 is 9.47 Å². The molecule has 0 saturated heterocycles. The topological polar surface area (TPSA) is 18.5 Å². The van der Waals surface area contributed by atoms with E-state index in [-0.39, 0.29) is 6.10 Å². The molecule has 1 aromatic rings. The van der Waals surface area contributed by atoms with Crippen LogP contribution in [0.2, 0.25) is 0 Å². The highest BCUT2D eigenvalue weighted by Crippen LogP contribution is 2.37. The van der Waals surface area contributed by atoms with E-state index < -0.39 is 0 Å². The van der Waals surface area contributed by atoms with Crippen LogP contribution in [0.15, 0.2) is 36.4 Å². The molecule has 0 aliphatic heterocycles. The largest absolute Gasteiger partial charge is 0.497 e. The Morgan fingerprint density at radius 2 is 1.89 bits per heavy atom. The average molecular weight is 260 g/mol. The molecule has 2 nitrogen and oxygen atoms in total. The molecule has 1 aromatic carbocycles. The van der Waals surface area contributed by atoms with Crippen molar-refractivity contribution in [3.63, 3.8) is 0 Å². The minimum absolute atomic E-state index is 0.231. The highest BCUT2D eigenvalue weighted by molar-refractivity contribution is 5.26. The smallest absolute Gasteiger partial charge is 0.118 e. The van der Waals surface area contributed by atoms with Gasteiger partial charge in [-0.1, -0.05) is 32.6 Å². The van der Waals surface area contributed by atoms with Gasteiger partial charge in [0.25, 0.3) is 0 Å². The Kier molecular flexibility index (Phi) is 4.65. The third kappa shape index (κ3) is 3.38. The van der Waals surface area contributed by atoms with Crippen molar-refractivity contribution in [2.24, 2.45) is 11.8 Å². The van der Waals surface area contributed by atoms with Gasteiger partial charge in [-0.05, 0) is 47.9 Å². The first-order valence-corrected chi connectivity index (χ1v) is 7.05. The lowest BCUT2D eigenvalue weighted by Crippen LogP contribution is -2.14. The van der Waals surface area contributed by atoms with Crippen molar-refractivity contribution in [3.05, 3.63) is 42.0 Å². The lowest BCUT2D eigenvalue weighted by atomic mass is 9.91. The molecule has 0 heterocycles. The zero-order chi connectivity index (χ0) is 13.8. The van der Waals surface area contributed by atoms with E-state index in [1.165, 1.54) is 17.6 Å². The Morgan fingerprint density at radius 1 is 1.21 bits per heavy atom. The summed E-state index contributed by atoms with van der Waals surface area (Å²) in [6, 6.07) is 8.05. The summed E-state index contributed by atoms with van der Waals surface area (Å²) in [5.74, 6) is 2.18. The maximum atomic E-state index is 6.01. The van der Waals surface area contributed by atoms with Crippen LogP contribution >= 0.6 is 0 Å². The molecule has 0 spiro atoms. The summed E-state index contributed by atoms with van der Waals surface area (Å²) in [5, 5.41) is 0. The Bertz CT molecular complexity index is 419. The predicted molar refractivity (Wildman–Crippen MR) is 78.3 cm³/mol. The second-order valence-electron chi connectivity index (χ2n) is 5.65. The summed E-state index contributed by atoms with van der Waals surface area (Å²) in [6.07, 6.45) is 2.55. The zero-order valence-electron chi connectivity index (χ0n) is 12.2. The third-order valence-electron chi connectivity index (χ3n) is 4.04. The van der Waals surface area contributed by atoms with Gasteiger partial charge in [0, 0.05) is 0 Å². The summed E-state index contributed by atoms with van der Waals surface area (Å²) in [4.78, 5) is 0. The fourth-order valence-corrected chi connectivity index (χ4v) is 2.81. The van der Waals surface area contributed by atoms with E-state index in [2.05, 4.69) is 32.6 Å². The van der Waals surface area contributed by atoms with Crippen molar-refractivity contribution >= 4 is 0 Å². The first kappa shape index (κ1) is 14.1. The second-order valence-corrected chi connectivity index (χ2v) is 5.65. The van der Waals surface area contributed by atoms with Gasteiger partial charge in [-0.25, -0.2) is 0 Å². The van der Waals surface area contributed by atoms with Gasteiger partial charge in [-0.2, -0.15) is 0 Å². The quantitative estimate of drug-likeness (QED) is 0.739. The van der Waals surface area contributed by atoms with Gasteiger partial charge in [-0.3, -0.25) is 0 Å². The van der Waals surface area contributed by atoms with Crippen LogP contribution < -0.4 is 4.74 Å². The fourth-order valence-electron chi connectivity index (χ4n) is 2.81. The molecular weight excluding hydrogens is 236 g/mol. The molecule has 2 atom stereocenters. The minimum atomic E-state index is 0.231. The number of benzene rings is 1. The van der Waals surface area contributed by atoms with Gasteiger partial charge in [0.2, 0.25) is 0 Å². The van der Waals surface area contributed by atoms with E-state index in [1.807, 2.05) is 12.1 Å². The first-order chi connectivity index (χ1) is 9.11.